The van der Waals surface area contributed by atoms with Gasteiger partial charge in [0.2, 0.25) is 5.88 Å². The van der Waals surface area contributed by atoms with Gasteiger partial charge in [-0.15, -0.1) is 0 Å². The number of benzene rings is 3. The highest BCUT2D eigenvalue weighted by Crippen LogP contribution is 2.37. The Labute approximate surface area is 191 Å². The van der Waals surface area contributed by atoms with Gasteiger partial charge in [0.25, 0.3) is 0 Å². The lowest BCUT2D eigenvalue weighted by Crippen LogP contribution is -2.33. The van der Waals surface area contributed by atoms with Gasteiger partial charge in [-0.05, 0) is 61.1 Å². The van der Waals surface area contributed by atoms with E-state index in [-0.39, 0.29) is 0 Å². The molecule has 31 heavy (non-hydrogen) atoms. The van der Waals surface area contributed by atoms with E-state index in [9.17, 15) is 5.11 Å². The van der Waals surface area contributed by atoms with Crippen molar-refractivity contribution in [3.8, 4) is 5.88 Å². The quantitative estimate of drug-likeness (QED) is 0.378. The van der Waals surface area contributed by atoms with Gasteiger partial charge >= 0.3 is 0 Å². The molecular formula is C26H27BrN2O2. The molecule has 0 aliphatic heterocycles. The molecular weight excluding hydrogens is 452 g/mol. The number of pyridine rings is 1. The van der Waals surface area contributed by atoms with E-state index in [1.54, 1.807) is 7.11 Å². The summed E-state index contributed by atoms with van der Waals surface area (Å²) in [5.74, 6) is 0.554. The Morgan fingerprint density at radius 2 is 1.77 bits per heavy atom. The molecule has 1 aromatic heterocycles. The topological polar surface area (TPSA) is 45.6 Å². The third-order valence-electron chi connectivity index (χ3n) is 5.76. The van der Waals surface area contributed by atoms with Crippen LogP contribution in [0.4, 0.5) is 0 Å². The zero-order chi connectivity index (χ0) is 22.0. The maximum atomic E-state index is 12.1. The van der Waals surface area contributed by atoms with Crippen molar-refractivity contribution in [1.29, 1.82) is 0 Å². The van der Waals surface area contributed by atoms with E-state index in [4.69, 9.17) is 9.72 Å². The van der Waals surface area contributed by atoms with Crippen LogP contribution in [0.25, 0.3) is 21.7 Å². The lowest BCUT2D eigenvalue weighted by molar-refractivity contribution is 0.0220. The molecule has 160 valence electrons. The number of aromatic nitrogens is 1. The molecule has 0 bridgehead atoms. The highest BCUT2D eigenvalue weighted by Gasteiger charge is 2.32. The summed E-state index contributed by atoms with van der Waals surface area (Å²) in [5, 5.41) is 15.3. The summed E-state index contributed by atoms with van der Waals surface area (Å²) in [5.41, 5.74) is 1.62. The van der Waals surface area contributed by atoms with Crippen LogP contribution in [0.2, 0.25) is 0 Å². The van der Waals surface area contributed by atoms with Crippen LogP contribution in [-0.2, 0) is 12.0 Å². The molecule has 4 rings (SSSR count). The van der Waals surface area contributed by atoms with Crippen molar-refractivity contribution in [2.45, 2.75) is 18.4 Å². The average molecular weight is 479 g/mol. The van der Waals surface area contributed by atoms with Crippen LogP contribution in [0.3, 0.4) is 0 Å². The molecule has 3 aromatic carbocycles. The van der Waals surface area contributed by atoms with E-state index in [2.05, 4.69) is 45.1 Å². The second-order valence-electron chi connectivity index (χ2n) is 8.28. The van der Waals surface area contributed by atoms with Crippen molar-refractivity contribution in [3.05, 3.63) is 82.3 Å². The molecule has 0 saturated carbocycles. The zero-order valence-corrected chi connectivity index (χ0v) is 19.7. The van der Waals surface area contributed by atoms with E-state index in [1.807, 2.05) is 56.6 Å². The first-order valence-electron chi connectivity index (χ1n) is 10.4. The summed E-state index contributed by atoms with van der Waals surface area (Å²) in [4.78, 5) is 6.81. The molecule has 1 heterocycles. The van der Waals surface area contributed by atoms with Gasteiger partial charge in [0, 0.05) is 28.4 Å². The Bertz CT molecular complexity index is 1220. The number of hydrogen-bond acceptors (Lipinski definition) is 4. The number of nitrogens with zero attached hydrogens (tertiary/aromatic N) is 2. The smallest absolute Gasteiger partial charge is 0.216 e. The van der Waals surface area contributed by atoms with Crippen molar-refractivity contribution < 1.29 is 9.84 Å². The SMILES string of the molecule is COc1nc2ccc(Br)cc2cc1C[C@](O)(CCN(C)C)c1cccc2ccccc12. The number of rotatable bonds is 7. The molecule has 0 unspecified atom stereocenters. The van der Waals surface area contributed by atoms with Gasteiger partial charge in [0.1, 0.15) is 0 Å². The molecule has 1 N–H and O–H groups in total. The summed E-state index contributed by atoms with van der Waals surface area (Å²) < 4.78 is 6.63. The summed E-state index contributed by atoms with van der Waals surface area (Å²) in [6.07, 6.45) is 1.00. The monoisotopic (exact) mass is 478 g/mol. The number of fused-ring (bicyclic) bond motifs is 2. The van der Waals surface area contributed by atoms with Crippen LogP contribution < -0.4 is 4.74 Å². The van der Waals surface area contributed by atoms with Crippen molar-refractivity contribution in [1.82, 2.24) is 9.88 Å². The van der Waals surface area contributed by atoms with Crippen LogP contribution in [0.5, 0.6) is 5.88 Å². The average Bonchev–Trinajstić information content (AvgIpc) is 2.77. The summed E-state index contributed by atoms with van der Waals surface area (Å²) in [6.45, 7) is 0.759. The van der Waals surface area contributed by atoms with Gasteiger partial charge in [0.05, 0.1) is 18.2 Å². The second-order valence-corrected chi connectivity index (χ2v) is 9.20. The number of ether oxygens (including phenoxy) is 1. The van der Waals surface area contributed by atoms with Crippen molar-refractivity contribution in [2.75, 3.05) is 27.7 Å². The first-order valence-corrected chi connectivity index (χ1v) is 11.2. The number of aliphatic hydroxyl groups is 1. The van der Waals surface area contributed by atoms with E-state index < -0.39 is 5.60 Å². The third kappa shape index (κ3) is 4.59. The van der Waals surface area contributed by atoms with Crippen LogP contribution in [0, 0.1) is 0 Å². The normalized spacial score (nSPS) is 13.6. The molecule has 5 heteroatoms. The maximum Gasteiger partial charge on any atom is 0.216 e. The van der Waals surface area contributed by atoms with Crippen LogP contribution >= 0.6 is 15.9 Å². The van der Waals surface area contributed by atoms with E-state index >= 15 is 0 Å². The molecule has 1 atom stereocenters. The lowest BCUT2D eigenvalue weighted by atomic mass is 9.81. The third-order valence-corrected chi connectivity index (χ3v) is 6.25. The van der Waals surface area contributed by atoms with Gasteiger partial charge < -0.3 is 14.7 Å². The van der Waals surface area contributed by atoms with Gasteiger partial charge in [0.15, 0.2) is 0 Å². The molecule has 0 amide bonds. The molecule has 0 saturated heterocycles. The van der Waals surface area contributed by atoms with Gasteiger partial charge in [-0.2, -0.15) is 0 Å². The molecule has 0 aliphatic rings. The Kier molecular flexibility index (Phi) is 6.28. The Morgan fingerprint density at radius 1 is 1.00 bits per heavy atom. The standard InChI is InChI=1S/C26H27BrN2O2/c1-29(2)14-13-26(30,23-10-6-8-18-7-4-5-9-22(18)23)17-20-15-19-16-21(27)11-12-24(19)28-25(20)31-3/h4-12,15-16,30H,13-14,17H2,1-3H3/t26-/m1/s1. The minimum absolute atomic E-state index is 0.410. The van der Waals surface area contributed by atoms with Gasteiger partial charge in [-0.3, -0.25) is 0 Å². The number of hydrogen-bond donors (Lipinski definition) is 1. The first-order chi connectivity index (χ1) is 14.9. The molecule has 0 radical (unpaired) electrons. The Hall–Kier alpha value is -2.47. The fourth-order valence-corrected chi connectivity index (χ4v) is 4.53. The van der Waals surface area contributed by atoms with Crippen molar-refractivity contribution in [3.63, 3.8) is 0 Å². The predicted molar refractivity (Wildman–Crippen MR) is 131 cm³/mol. The molecule has 0 spiro atoms. The minimum Gasteiger partial charge on any atom is -0.481 e. The fraction of sp³-hybridized carbons (Fsp3) is 0.269. The summed E-state index contributed by atoms with van der Waals surface area (Å²) >= 11 is 3.54. The van der Waals surface area contributed by atoms with Crippen LogP contribution in [0.1, 0.15) is 17.5 Å². The maximum absolute atomic E-state index is 12.1. The van der Waals surface area contributed by atoms with E-state index in [0.717, 1.165) is 43.8 Å². The van der Waals surface area contributed by atoms with E-state index in [0.29, 0.717) is 18.7 Å². The van der Waals surface area contributed by atoms with Crippen molar-refractivity contribution in [2.24, 2.45) is 0 Å². The Balaban J connectivity index is 1.85. The van der Waals surface area contributed by atoms with E-state index in [1.165, 1.54) is 0 Å². The zero-order valence-electron chi connectivity index (χ0n) is 18.1. The predicted octanol–water partition coefficient (Wildman–Crippen LogP) is 5.54. The number of methoxy groups -OCH3 is 1. The summed E-state index contributed by atoms with van der Waals surface area (Å²) in [7, 11) is 5.69. The van der Waals surface area contributed by atoms with Crippen molar-refractivity contribution >= 4 is 37.6 Å². The number of halogens is 1. The van der Waals surface area contributed by atoms with Gasteiger partial charge in [-0.25, -0.2) is 4.98 Å². The van der Waals surface area contributed by atoms with Gasteiger partial charge in [-0.1, -0.05) is 58.4 Å². The largest absolute Gasteiger partial charge is 0.481 e. The highest BCUT2D eigenvalue weighted by molar-refractivity contribution is 9.10. The molecule has 4 nitrogen and oxygen atoms in total. The molecule has 4 aromatic rings. The Morgan fingerprint density at radius 3 is 2.55 bits per heavy atom. The highest BCUT2D eigenvalue weighted by atomic mass is 79.9. The fourth-order valence-electron chi connectivity index (χ4n) is 4.15. The second kappa shape index (κ2) is 8.95. The summed E-state index contributed by atoms with van der Waals surface area (Å²) in [6, 6.07) is 22.4. The first kappa shape index (κ1) is 21.8. The molecule has 0 fully saturated rings. The lowest BCUT2D eigenvalue weighted by Gasteiger charge is -2.32. The molecule has 0 aliphatic carbocycles. The van der Waals surface area contributed by atoms with Crippen LogP contribution in [-0.4, -0.2) is 42.7 Å². The van der Waals surface area contributed by atoms with Crippen LogP contribution in [0.15, 0.2) is 71.2 Å². The minimum atomic E-state index is -1.07.